The molecule has 228 valence electrons. The molecule has 1 unspecified atom stereocenters. The van der Waals surface area contributed by atoms with E-state index in [-0.39, 0.29) is 6.23 Å². The van der Waals surface area contributed by atoms with Gasteiger partial charge in [0.05, 0.1) is 5.69 Å². The zero-order chi connectivity index (χ0) is 31.9. The highest BCUT2D eigenvalue weighted by Gasteiger charge is 2.26. The minimum absolute atomic E-state index is 0.225. The molecule has 0 fully saturated rings. The standard InChI is InChI=1S/C45H32N2O/c1-4-12-31(13-5-1)39-18-10-11-19-40(39)32-22-26-37(27-23-32)47(36-16-8-3-9-17-36)38-28-24-33-20-21-34-25-29-42-44(43(34)41(33)30-38)48-45(46-42)35-14-6-2-7-15-35/h1-30,45-46H. The molecule has 0 radical (unpaired) electrons. The van der Waals surface area contributed by atoms with Crippen molar-refractivity contribution < 1.29 is 4.74 Å². The Morgan fingerprint density at radius 1 is 0.458 bits per heavy atom. The molecular formula is C45H32N2O. The fourth-order valence-electron chi connectivity index (χ4n) is 6.96. The summed E-state index contributed by atoms with van der Waals surface area (Å²) in [5, 5.41) is 8.21. The zero-order valence-corrected chi connectivity index (χ0v) is 26.3. The molecular weight excluding hydrogens is 585 g/mol. The van der Waals surface area contributed by atoms with E-state index in [1.807, 2.05) is 6.07 Å². The predicted molar refractivity (Wildman–Crippen MR) is 200 cm³/mol. The van der Waals surface area contributed by atoms with E-state index >= 15 is 0 Å². The molecule has 0 saturated carbocycles. The topological polar surface area (TPSA) is 24.5 Å². The first-order chi connectivity index (χ1) is 23.8. The van der Waals surface area contributed by atoms with Crippen LogP contribution >= 0.6 is 0 Å². The Kier molecular flexibility index (Phi) is 6.87. The Morgan fingerprint density at radius 3 is 1.73 bits per heavy atom. The van der Waals surface area contributed by atoms with Crippen LogP contribution in [0.4, 0.5) is 22.7 Å². The molecule has 8 aromatic rings. The number of fused-ring (bicyclic) bond motifs is 5. The van der Waals surface area contributed by atoms with Gasteiger partial charge in [0.1, 0.15) is 0 Å². The summed E-state index contributed by atoms with van der Waals surface area (Å²) in [5.74, 6) is 0.900. The molecule has 0 amide bonds. The lowest BCUT2D eigenvalue weighted by Crippen LogP contribution is -2.10. The van der Waals surface area contributed by atoms with Gasteiger partial charge in [-0.15, -0.1) is 0 Å². The first kappa shape index (κ1) is 27.9. The number of ether oxygens (including phenoxy) is 1. The van der Waals surface area contributed by atoms with Crippen molar-refractivity contribution in [3.05, 3.63) is 188 Å². The SMILES string of the molecule is c1ccc(-c2ccccc2-c2ccc(N(c3ccccc3)c3ccc4ccc5ccc6c(c5c4c3)OC(c3ccccc3)N6)cc2)cc1. The van der Waals surface area contributed by atoms with Gasteiger partial charge in [-0.25, -0.2) is 0 Å². The molecule has 1 aliphatic rings. The third-order valence-corrected chi connectivity index (χ3v) is 9.28. The Balaban J connectivity index is 1.15. The highest BCUT2D eigenvalue weighted by molar-refractivity contribution is 6.14. The Hall–Kier alpha value is -6.32. The molecule has 8 aromatic carbocycles. The van der Waals surface area contributed by atoms with E-state index in [0.717, 1.165) is 50.2 Å². The molecule has 3 nitrogen and oxygen atoms in total. The number of benzene rings is 8. The van der Waals surface area contributed by atoms with Crippen molar-refractivity contribution >= 4 is 44.3 Å². The quantitative estimate of drug-likeness (QED) is 0.188. The normalized spacial score (nSPS) is 13.5. The van der Waals surface area contributed by atoms with Gasteiger partial charge in [-0.1, -0.05) is 140 Å². The van der Waals surface area contributed by atoms with Gasteiger partial charge in [-0.2, -0.15) is 0 Å². The van der Waals surface area contributed by atoms with E-state index in [2.05, 4.69) is 186 Å². The van der Waals surface area contributed by atoms with E-state index in [4.69, 9.17) is 4.74 Å². The maximum absolute atomic E-state index is 6.66. The molecule has 0 aliphatic carbocycles. The second-order valence-corrected chi connectivity index (χ2v) is 12.2. The van der Waals surface area contributed by atoms with E-state index in [0.29, 0.717) is 0 Å². The number of hydrogen-bond donors (Lipinski definition) is 1. The number of para-hydroxylation sites is 1. The van der Waals surface area contributed by atoms with Gasteiger partial charge in [0.25, 0.3) is 0 Å². The van der Waals surface area contributed by atoms with Crippen LogP contribution in [-0.2, 0) is 0 Å². The molecule has 0 aromatic heterocycles. The summed E-state index contributed by atoms with van der Waals surface area (Å²) in [7, 11) is 0. The van der Waals surface area contributed by atoms with Crippen molar-refractivity contribution in [3.8, 4) is 28.0 Å². The Bertz CT molecular complexity index is 2390. The lowest BCUT2D eigenvalue weighted by molar-refractivity contribution is 0.263. The first-order valence-corrected chi connectivity index (χ1v) is 16.4. The molecule has 3 heteroatoms. The van der Waals surface area contributed by atoms with Crippen LogP contribution in [0.2, 0.25) is 0 Å². The van der Waals surface area contributed by atoms with Gasteiger partial charge in [-0.05, 0) is 80.9 Å². The van der Waals surface area contributed by atoms with Gasteiger partial charge < -0.3 is 15.0 Å². The second-order valence-electron chi connectivity index (χ2n) is 12.2. The minimum Gasteiger partial charge on any atom is -0.464 e. The highest BCUT2D eigenvalue weighted by atomic mass is 16.5. The highest BCUT2D eigenvalue weighted by Crippen LogP contribution is 2.47. The molecule has 0 saturated heterocycles. The second kappa shape index (κ2) is 11.8. The van der Waals surface area contributed by atoms with Crippen LogP contribution in [-0.4, -0.2) is 0 Å². The molecule has 0 bridgehead atoms. The van der Waals surface area contributed by atoms with Crippen LogP contribution in [0.25, 0.3) is 43.8 Å². The number of rotatable bonds is 6. The van der Waals surface area contributed by atoms with Crippen LogP contribution in [0.1, 0.15) is 11.8 Å². The lowest BCUT2D eigenvalue weighted by Gasteiger charge is -2.26. The smallest absolute Gasteiger partial charge is 0.196 e. The van der Waals surface area contributed by atoms with Gasteiger partial charge in [0, 0.05) is 28.0 Å². The van der Waals surface area contributed by atoms with Crippen LogP contribution in [0, 0.1) is 0 Å². The Labute approximate surface area is 280 Å². The molecule has 48 heavy (non-hydrogen) atoms. The minimum atomic E-state index is -0.225. The van der Waals surface area contributed by atoms with Crippen molar-refractivity contribution in [2.75, 3.05) is 10.2 Å². The fourth-order valence-corrected chi connectivity index (χ4v) is 6.96. The summed E-state index contributed by atoms with van der Waals surface area (Å²) in [5.41, 5.74) is 10.2. The summed E-state index contributed by atoms with van der Waals surface area (Å²) in [6.07, 6.45) is -0.225. The number of nitrogens with one attached hydrogen (secondary N) is 1. The molecule has 1 heterocycles. The summed E-state index contributed by atoms with van der Waals surface area (Å²) in [6, 6.07) is 64.6. The summed E-state index contributed by atoms with van der Waals surface area (Å²) >= 11 is 0. The van der Waals surface area contributed by atoms with Crippen LogP contribution in [0.3, 0.4) is 0 Å². The van der Waals surface area contributed by atoms with Crippen LogP contribution < -0.4 is 15.0 Å². The average Bonchev–Trinajstić information content (AvgIpc) is 3.61. The van der Waals surface area contributed by atoms with Crippen molar-refractivity contribution in [1.29, 1.82) is 0 Å². The third kappa shape index (κ3) is 4.94. The van der Waals surface area contributed by atoms with Crippen molar-refractivity contribution in [2.45, 2.75) is 6.23 Å². The van der Waals surface area contributed by atoms with E-state index in [1.54, 1.807) is 0 Å². The first-order valence-electron chi connectivity index (χ1n) is 16.4. The van der Waals surface area contributed by atoms with Gasteiger partial charge >= 0.3 is 0 Å². The monoisotopic (exact) mass is 616 g/mol. The summed E-state index contributed by atoms with van der Waals surface area (Å²) < 4.78 is 6.66. The summed E-state index contributed by atoms with van der Waals surface area (Å²) in [4.78, 5) is 2.33. The largest absolute Gasteiger partial charge is 0.464 e. The third-order valence-electron chi connectivity index (χ3n) is 9.28. The van der Waals surface area contributed by atoms with E-state index < -0.39 is 0 Å². The lowest BCUT2D eigenvalue weighted by atomic mass is 9.94. The Morgan fingerprint density at radius 2 is 1.00 bits per heavy atom. The average molecular weight is 617 g/mol. The predicted octanol–water partition coefficient (Wildman–Crippen LogP) is 12.3. The van der Waals surface area contributed by atoms with Gasteiger partial charge in [0.2, 0.25) is 0 Å². The van der Waals surface area contributed by atoms with Gasteiger partial charge in [0.15, 0.2) is 12.0 Å². The van der Waals surface area contributed by atoms with E-state index in [9.17, 15) is 0 Å². The maximum Gasteiger partial charge on any atom is 0.196 e. The van der Waals surface area contributed by atoms with Crippen molar-refractivity contribution in [1.82, 2.24) is 0 Å². The number of hydrogen-bond acceptors (Lipinski definition) is 3. The molecule has 1 aliphatic heterocycles. The maximum atomic E-state index is 6.66. The molecule has 9 rings (SSSR count). The van der Waals surface area contributed by atoms with Crippen LogP contribution in [0.15, 0.2) is 182 Å². The fraction of sp³-hybridized carbons (Fsp3) is 0.0222. The number of anilines is 4. The summed E-state index contributed by atoms with van der Waals surface area (Å²) in [6.45, 7) is 0. The van der Waals surface area contributed by atoms with Crippen molar-refractivity contribution in [2.24, 2.45) is 0 Å². The molecule has 1 atom stereocenters. The molecule has 1 N–H and O–H groups in total. The van der Waals surface area contributed by atoms with Gasteiger partial charge in [-0.3, -0.25) is 0 Å². The number of nitrogens with zero attached hydrogens (tertiary/aromatic N) is 1. The van der Waals surface area contributed by atoms with Crippen molar-refractivity contribution in [3.63, 3.8) is 0 Å². The zero-order valence-electron chi connectivity index (χ0n) is 26.3. The van der Waals surface area contributed by atoms with E-state index in [1.165, 1.54) is 27.6 Å². The molecule has 0 spiro atoms. The van der Waals surface area contributed by atoms with Crippen LogP contribution in [0.5, 0.6) is 5.75 Å².